The number of rotatable bonds is 3. The molecule has 1 aliphatic heterocycles. The Morgan fingerprint density at radius 3 is 2.93 bits per heavy atom. The first kappa shape index (κ1) is 16.9. The smallest absolute Gasteiger partial charge is 0.129 e. The van der Waals surface area contributed by atoms with E-state index in [1.165, 1.54) is 54.3 Å². The summed E-state index contributed by atoms with van der Waals surface area (Å²) in [5.74, 6) is 1.03. The summed E-state index contributed by atoms with van der Waals surface area (Å²) >= 11 is 0. The lowest BCUT2D eigenvalue weighted by Gasteiger charge is -2.31. The van der Waals surface area contributed by atoms with E-state index in [2.05, 4.69) is 54.0 Å². The number of quaternary nitrogens is 1. The molecule has 5 rings (SSSR count). The molecule has 2 heterocycles. The Hall–Kier alpha value is -2.26. The molecule has 0 spiro atoms. The summed E-state index contributed by atoms with van der Waals surface area (Å²) < 4.78 is 8.29. The van der Waals surface area contributed by atoms with Crippen molar-refractivity contribution >= 4 is 10.9 Å². The summed E-state index contributed by atoms with van der Waals surface area (Å²) in [6.07, 6.45) is 5.08. The van der Waals surface area contributed by atoms with Crippen LogP contribution in [-0.2, 0) is 19.5 Å². The molecule has 2 atom stereocenters. The van der Waals surface area contributed by atoms with E-state index in [4.69, 9.17) is 4.74 Å². The molecule has 0 saturated carbocycles. The Morgan fingerprint density at radius 2 is 2.04 bits per heavy atom. The third kappa shape index (κ3) is 2.76. The van der Waals surface area contributed by atoms with Crippen molar-refractivity contribution in [3.05, 3.63) is 64.8 Å². The Morgan fingerprint density at radius 1 is 1.15 bits per heavy atom. The Balaban J connectivity index is 1.59. The van der Waals surface area contributed by atoms with Crippen molar-refractivity contribution in [3.8, 4) is 5.75 Å². The van der Waals surface area contributed by atoms with Crippen LogP contribution in [0.25, 0.3) is 10.9 Å². The van der Waals surface area contributed by atoms with Crippen molar-refractivity contribution in [2.75, 3.05) is 13.7 Å². The molecule has 1 unspecified atom stereocenters. The lowest BCUT2D eigenvalue weighted by molar-refractivity contribution is -0.945. The van der Waals surface area contributed by atoms with Crippen molar-refractivity contribution in [2.45, 2.75) is 51.7 Å². The van der Waals surface area contributed by atoms with Gasteiger partial charge in [-0.15, -0.1) is 0 Å². The summed E-state index contributed by atoms with van der Waals surface area (Å²) in [4.78, 5) is 1.71. The molecule has 0 amide bonds. The van der Waals surface area contributed by atoms with Crippen LogP contribution >= 0.6 is 0 Å². The van der Waals surface area contributed by atoms with Crippen LogP contribution in [0, 0.1) is 6.92 Å². The molecule has 3 nitrogen and oxygen atoms in total. The number of aromatic nitrogens is 1. The van der Waals surface area contributed by atoms with Crippen LogP contribution in [0.5, 0.6) is 5.75 Å². The highest BCUT2D eigenvalue weighted by Gasteiger charge is 2.36. The van der Waals surface area contributed by atoms with E-state index in [9.17, 15) is 0 Å². The number of nitrogens with one attached hydrogen (secondary N) is 1. The average molecular weight is 362 g/mol. The second-order valence-electron chi connectivity index (χ2n) is 8.23. The van der Waals surface area contributed by atoms with Gasteiger partial charge in [0, 0.05) is 35.9 Å². The lowest BCUT2D eigenvalue weighted by atomic mass is 9.90. The Labute approximate surface area is 161 Å². The minimum Gasteiger partial charge on any atom is -0.496 e. The highest BCUT2D eigenvalue weighted by Crippen LogP contribution is 2.37. The van der Waals surface area contributed by atoms with Crippen molar-refractivity contribution in [1.29, 1.82) is 0 Å². The first-order chi connectivity index (χ1) is 13.3. The van der Waals surface area contributed by atoms with Gasteiger partial charge in [0.05, 0.1) is 19.3 Å². The van der Waals surface area contributed by atoms with Gasteiger partial charge in [0.1, 0.15) is 18.3 Å². The van der Waals surface area contributed by atoms with E-state index < -0.39 is 0 Å². The normalized spacial score (nSPS) is 21.7. The number of aryl methyl sites for hydroxylation is 3. The maximum absolute atomic E-state index is 5.64. The molecule has 3 heteroatoms. The first-order valence-electron chi connectivity index (χ1n) is 10.3. The van der Waals surface area contributed by atoms with Crippen LogP contribution in [0.15, 0.2) is 42.5 Å². The topological polar surface area (TPSA) is 18.6 Å². The average Bonchev–Trinajstić information content (AvgIpc) is 2.88. The van der Waals surface area contributed by atoms with E-state index in [-0.39, 0.29) is 0 Å². The van der Waals surface area contributed by atoms with E-state index in [0.29, 0.717) is 6.04 Å². The van der Waals surface area contributed by atoms with Crippen LogP contribution in [0.2, 0.25) is 0 Å². The highest BCUT2D eigenvalue weighted by molar-refractivity contribution is 5.86. The molecule has 27 heavy (non-hydrogen) atoms. The zero-order chi connectivity index (χ0) is 18.4. The van der Waals surface area contributed by atoms with E-state index in [0.717, 1.165) is 18.8 Å². The van der Waals surface area contributed by atoms with Gasteiger partial charge in [-0.05, 0) is 49.6 Å². The number of fused-ring (bicyclic) bond motifs is 3. The maximum atomic E-state index is 5.64. The van der Waals surface area contributed by atoms with Crippen molar-refractivity contribution in [3.63, 3.8) is 0 Å². The van der Waals surface area contributed by atoms with Gasteiger partial charge in [-0.1, -0.05) is 23.8 Å². The van der Waals surface area contributed by atoms with E-state index in [1.807, 2.05) is 0 Å². The number of methoxy groups -OCH3 is 1. The Bertz CT molecular complexity index is 984. The van der Waals surface area contributed by atoms with Gasteiger partial charge in [-0.25, -0.2) is 0 Å². The predicted octanol–water partition coefficient (Wildman–Crippen LogP) is 3.82. The number of ether oxygens (including phenoxy) is 1. The number of hydrogen-bond acceptors (Lipinski definition) is 1. The molecule has 1 N–H and O–H groups in total. The summed E-state index contributed by atoms with van der Waals surface area (Å²) in [7, 11) is 1.79. The highest BCUT2D eigenvalue weighted by atomic mass is 16.5. The number of hydrogen-bond donors (Lipinski definition) is 1. The van der Waals surface area contributed by atoms with Crippen LogP contribution in [-0.4, -0.2) is 18.2 Å². The van der Waals surface area contributed by atoms with Gasteiger partial charge in [0.2, 0.25) is 0 Å². The number of nitrogens with zero attached hydrogens (tertiary/aromatic N) is 1. The monoisotopic (exact) mass is 361 g/mol. The number of benzene rings is 2. The molecule has 0 bridgehead atoms. The van der Waals surface area contributed by atoms with Crippen LogP contribution in [0.1, 0.15) is 47.7 Å². The number of para-hydroxylation sites is 1. The molecule has 2 aromatic carbocycles. The van der Waals surface area contributed by atoms with Gasteiger partial charge in [0.25, 0.3) is 0 Å². The summed E-state index contributed by atoms with van der Waals surface area (Å²) in [6, 6.07) is 16.2. The van der Waals surface area contributed by atoms with Crippen molar-refractivity contribution in [1.82, 2.24) is 4.57 Å². The zero-order valence-corrected chi connectivity index (χ0v) is 16.4. The van der Waals surface area contributed by atoms with Gasteiger partial charge in [-0.3, -0.25) is 0 Å². The first-order valence-corrected chi connectivity index (χ1v) is 10.3. The van der Waals surface area contributed by atoms with Crippen molar-refractivity contribution in [2.24, 2.45) is 0 Å². The molecule has 3 aromatic rings. The fourth-order valence-electron chi connectivity index (χ4n) is 5.42. The largest absolute Gasteiger partial charge is 0.496 e. The minimum atomic E-state index is 0.605. The van der Waals surface area contributed by atoms with E-state index >= 15 is 0 Å². The molecule has 0 radical (unpaired) electrons. The second-order valence-corrected chi connectivity index (χ2v) is 8.23. The maximum Gasteiger partial charge on any atom is 0.129 e. The van der Waals surface area contributed by atoms with E-state index in [1.54, 1.807) is 23.3 Å². The van der Waals surface area contributed by atoms with Crippen LogP contribution < -0.4 is 9.64 Å². The molecule has 1 aromatic heterocycles. The molecule has 0 fully saturated rings. The molecule has 0 saturated heterocycles. The van der Waals surface area contributed by atoms with Gasteiger partial charge in [0.15, 0.2) is 0 Å². The van der Waals surface area contributed by atoms with Gasteiger partial charge in [-0.2, -0.15) is 0 Å². The molecule has 140 valence electrons. The summed E-state index contributed by atoms with van der Waals surface area (Å²) in [5, 5.41) is 1.51. The Kier molecular flexibility index (Phi) is 4.20. The minimum absolute atomic E-state index is 0.605. The lowest BCUT2D eigenvalue weighted by Crippen LogP contribution is -3.11. The second kappa shape index (κ2) is 6.72. The fraction of sp³-hybridized carbons (Fsp3) is 0.417. The summed E-state index contributed by atoms with van der Waals surface area (Å²) in [6.45, 7) is 5.65. The fourth-order valence-corrected chi connectivity index (χ4v) is 5.42. The predicted molar refractivity (Wildman–Crippen MR) is 109 cm³/mol. The molecule has 2 aliphatic rings. The van der Waals surface area contributed by atoms with Gasteiger partial charge < -0.3 is 14.2 Å². The van der Waals surface area contributed by atoms with Gasteiger partial charge >= 0.3 is 0 Å². The third-order valence-electron chi connectivity index (χ3n) is 6.60. The van der Waals surface area contributed by atoms with Crippen LogP contribution in [0.3, 0.4) is 0 Å². The molecule has 1 aliphatic carbocycles. The summed E-state index contributed by atoms with van der Waals surface area (Å²) in [5.41, 5.74) is 7.42. The SMILES string of the molecule is COc1ccccc1C[NH+]1CCCn2c3c(c4cc(C)ccc42)CCC[C@H]31. The third-order valence-corrected chi connectivity index (χ3v) is 6.60. The standard InChI is InChI=1S/C24H28N2O/c1-17-11-12-21-20(15-17)19-8-5-9-22-24(19)26(21)14-6-13-25(22)16-18-7-3-4-10-23(18)27-2/h3-4,7,10-12,15,22H,5-6,8-9,13-14,16H2,1-2H3/p+1/t22-/m1/s1. The zero-order valence-electron chi connectivity index (χ0n) is 16.4. The quantitative estimate of drug-likeness (QED) is 0.751. The molecular formula is C24H29N2O+. The molecular weight excluding hydrogens is 332 g/mol. The van der Waals surface area contributed by atoms with Crippen molar-refractivity contribution < 1.29 is 9.64 Å². The van der Waals surface area contributed by atoms with Crippen LogP contribution in [0.4, 0.5) is 0 Å².